The first kappa shape index (κ1) is 11.5. The van der Waals surface area contributed by atoms with Crippen LogP contribution in [-0.4, -0.2) is 26.7 Å². The first-order chi connectivity index (χ1) is 6.86. The van der Waals surface area contributed by atoms with E-state index in [1.807, 2.05) is 18.2 Å². The van der Waals surface area contributed by atoms with E-state index < -0.39 is 0 Å². The van der Waals surface area contributed by atoms with Crippen LogP contribution in [0.1, 0.15) is 19.8 Å². The fourth-order valence-corrected chi connectivity index (χ4v) is 2.89. The fraction of sp³-hybridized carbons (Fsp3) is 0.333. The molecule has 1 aromatic carbocycles. The van der Waals surface area contributed by atoms with E-state index in [2.05, 4.69) is 25.1 Å². The van der Waals surface area contributed by atoms with Crippen LogP contribution in [0.2, 0.25) is 0 Å². The average molecular weight is 255 g/mol. The maximum absolute atomic E-state index is 9.16. The molecule has 0 aliphatic rings. The summed E-state index contributed by atoms with van der Waals surface area (Å²) in [4.78, 5) is 0. The van der Waals surface area contributed by atoms with E-state index in [1.54, 1.807) is 0 Å². The summed E-state index contributed by atoms with van der Waals surface area (Å²) in [6, 6.07) is 10.4. The number of aliphatic hydroxyl groups is 1. The monoisotopic (exact) mass is 256 g/mol. The fourth-order valence-electron chi connectivity index (χ4n) is 1.08. The Hall–Kier alpha value is -0.561. The molecule has 0 saturated carbocycles. The maximum atomic E-state index is 9.16. The molecular weight excluding hydrogens is 239 g/mol. The van der Waals surface area contributed by atoms with Crippen LogP contribution < -0.4 is 4.46 Å². The zero-order valence-electron chi connectivity index (χ0n) is 8.44. The summed E-state index contributed by atoms with van der Waals surface area (Å²) in [5, 5.41) is 9.16. The number of rotatable bonds is 5. The molecule has 0 aromatic heterocycles. The Morgan fingerprint density at radius 2 is 2.07 bits per heavy atom. The molecule has 1 N–H and O–H groups in total. The van der Waals surface area contributed by atoms with Crippen LogP contribution in [0.4, 0.5) is 0 Å². The number of allylic oxidation sites excluding steroid dienone is 1. The molecule has 76 valence electrons. The molecule has 0 fully saturated rings. The minimum atomic E-state index is 0.203. The topological polar surface area (TPSA) is 20.2 Å². The Labute approximate surface area is 92.0 Å². The summed E-state index contributed by atoms with van der Waals surface area (Å²) in [6.45, 7) is 2.36. The number of hydrogen-bond donors (Lipinski definition) is 1. The molecule has 0 radical (unpaired) electrons. The molecule has 0 aliphatic heterocycles. The molecule has 1 aromatic rings. The van der Waals surface area contributed by atoms with E-state index in [9.17, 15) is 0 Å². The molecule has 0 saturated heterocycles. The second-order valence-electron chi connectivity index (χ2n) is 3.03. The molecule has 0 heterocycles. The van der Waals surface area contributed by atoms with Crippen LogP contribution in [0.25, 0.3) is 0 Å². The Kier molecular flexibility index (Phi) is 5.62. The van der Waals surface area contributed by atoms with Gasteiger partial charge in [0.1, 0.15) is 0 Å². The van der Waals surface area contributed by atoms with Crippen molar-refractivity contribution in [1.29, 1.82) is 0 Å². The second kappa shape index (κ2) is 6.83. The van der Waals surface area contributed by atoms with Crippen molar-refractivity contribution in [3.63, 3.8) is 0 Å². The molecule has 14 heavy (non-hydrogen) atoms. The molecule has 1 rings (SSSR count). The van der Waals surface area contributed by atoms with Gasteiger partial charge in [0.15, 0.2) is 0 Å². The van der Waals surface area contributed by atoms with Gasteiger partial charge in [-0.1, -0.05) is 0 Å². The van der Waals surface area contributed by atoms with Crippen LogP contribution in [-0.2, 0) is 0 Å². The number of benzene rings is 1. The van der Waals surface area contributed by atoms with Crippen molar-refractivity contribution in [2.75, 3.05) is 6.61 Å². The van der Waals surface area contributed by atoms with E-state index in [0.29, 0.717) is 15.0 Å². The third kappa shape index (κ3) is 4.10. The summed E-state index contributed by atoms with van der Waals surface area (Å²) in [6.07, 6.45) is 4.39. The van der Waals surface area contributed by atoms with Gasteiger partial charge in [-0.25, -0.2) is 0 Å². The Morgan fingerprint density at radius 1 is 1.36 bits per heavy atom. The summed E-state index contributed by atoms with van der Waals surface area (Å²) in [5.41, 5.74) is 0. The van der Waals surface area contributed by atoms with Crippen LogP contribution in [0.5, 0.6) is 0 Å². The van der Waals surface area contributed by atoms with Gasteiger partial charge in [-0.15, -0.1) is 0 Å². The SMILES string of the molecule is CCC/C=C(/CO)[Se]c1ccccc1. The molecule has 0 bridgehead atoms. The third-order valence-corrected chi connectivity index (χ3v) is 4.04. The van der Waals surface area contributed by atoms with Crippen LogP contribution >= 0.6 is 0 Å². The summed E-state index contributed by atoms with van der Waals surface area (Å²) < 4.78 is 2.52. The molecule has 0 atom stereocenters. The molecule has 0 aliphatic carbocycles. The first-order valence-electron chi connectivity index (χ1n) is 4.89. The van der Waals surface area contributed by atoms with Crippen molar-refractivity contribution in [2.24, 2.45) is 0 Å². The number of aliphatic hydroxyl groups excluding tert-OH is 1. The zero-order valence-corrected chi connectivity index (χ0v) is 10.2. The van der Waals surface area contributed by atoms with Gasteiger partial charge in [-0.05, 0) is 0 Å². The van der Waals surface area contributed by atoms with Crippen molar-refractivity contribution in [2.45, 2.75) is 19.8 Å². The Balaban J connectivity index is 2.57. The molecule has 1 nitrogen and oxygen atoms in total. The summed E-state index contributed by atoms with van der Waals surface area (Å²) in [7, 11) is 0. The standard InChI is InChI=1S/C12H16OSe/c1-2-3-7-12(10-13)14-11-8-5-4-6-9-11/h4-9,13H,2-3,10H2,1H3/b12-7-. The van der Waals surface area contributed by atoms with Crippen molar-refractivity contribution in [1.82, 2.24) is 0 Å². The zero-order chi connectivity index (χ0) is 10.2. The van der Waals surface area contributed by atoms with Gasteiger partial charge in [0.25, 0.3) is 0 Å². The minimum absolute atomic E-state index is 0.203. The van der Waals surface area contributed by atoms with E-state index >= 15 is 0 Å². The quantitative estimate of drug-likeness (QED) is 0.794. The molecule has 0 spiro atoms. The van der Waals surface area contributed by atoms with E-state index in [-0.39, 0.29) is 6.61 Å². The van der Waals surface area contributed by atoms with Crippen molar-refractivity contribution in [3.05, 3.63) is 40.9 Å². The first-order valence-corrected chi connectivity index (χ1v) is 6.61. The Bertz CT molecular complexity index is 280. The van der Waals surface area contributed by atoms with Crippen molar-refractivity contribution >= 4 is 19.4 Å². The number of unbranched alkanes of at least 4 members (excludes halogenated alkanes) is 1. The van der Waals surface area contributed by atoms with Gasteiger partial charge < -0.3 is 0 Å². The predicted molar refractivity (Wildman–Crippen MR) is 61.9 cm³/mol. The van der Waals surface area contributed by atoms with E-state index in [1.165, 1.54) is 8.93 Å². The van der Waals surface area contributed by atoms with Crippen molar-refractivity contribution < 1.29 is 5.11 Å². The molecule has 0 amide bonds. The molecule has 2 heteroatoms. The van der Waals surface area contributed by atoms with Gasteiger partial charge in [0.2, 0.25) is 0 Å². The average Bonchev–Trinajstić information content (AvgIpc) is 2.25. The molecule has 0 unspecified atom stereocenters. The van der Waals surface area contributed by atoms with E-state index in [0.717, 1.165) is 12.8 Å². The predicted octanol–water partition coefficient (Wildman–Crippen LogP) is 1.69. The van der Waals surface area contributed by atoms with Crippen LogP contribution in [0.3, 0.4) is 0 Å². The van der Waals surface area contributed by atoms with Gasteiger partial charge >= 0.3 is 91.8 Å². The van der Waals surface area contributed by atoms with Gasteiger partial charge in [0.05, 0.1) is 0 Å². The summed E-state index contributed by atoms with van der Waals surface area (Å²) in [5.74, 6) is 0. The summed E-state index contributed by atoms with van der Waals surface area (Å²) >= 11 is 0.297. The number of hydrogen-bond acceptors (Lipinski definition) is 1. The van der Waals surface area contributed by atoms with Gasteiger partial charge in [-0.2, -0.15) is 0 Å². The third-order valence-electron chi connectivity index (χ3n) is 1.81. The van der Waals surface area contributed by atoms with Crippen LogP contribution in [0.15, 0.2) is 40.9 Å². The van der Waals surface area contributed by atoms with Crippen LogP contribution in [0, 0.1) is 0 Å². The molecular formula is C12H16OSe. The Morgan fingerprint density at radius 3 is 2.64 bits per heavy atom. The second-order valence-corrected chi connectivity index (χ2v) is 5.55. The van der Waals surface area contributed by atoms with E-state index in [4.69, 9.17) is 5.11 Å². The normalized spacial score (nSPS) is 11.7. The van der Waals surface area contributed by atoms with Gasteiger partial charge in [-0.3, -0.25) is 0 Å². The van der Waals surface area contributed by atoms with Crippen molar-refractivity contribution in [3.8, 4) is 0 Å². The van der Waals surface area contributed by atoms with Gasteiger partial charge in [0, 0.05) is 0 Å².